The maximum absolute atomic E-state index is 8.89. The molecule has 1 N–H and O–H groups in total. The van der Waals surface area contributed by atoms with Crippen molar-refractivity contribution in [3.05, 3.63) is 0 Å². The number of hydrogen-bond donors (Lipinski definition) is 0. The molecule has 0 spiro atoms. The van der Waals surface area contributed by atoms with Crippen LogP contribution in [0.4, 0.5) is 0 Å². The van der Waals surface area contributed by atoms with E-state index < -0.39 is 5.97 Å². The zero-order valence-corrected chi connectivity index (χ0v) is 11.0. The quantitative estimate of drug-likeness (QED) is 0.325. The van der Waals surface area contributed by atoms with Crippen molar-refractivity contribution < 1.29 is 118 Å². The third-order valence-electron chi connectivity index (χ3n) is 0. The molecule has 0 rings (SSSR count). The molecule has 7 heavy (non-hydrogen) atoms. The van der Waals surface area contributed by atoms with Gasteiger partial charge in [0.25, 0.3) is 0 Å². The van der Waals surface area contributed by atoms with E-state index in [1.54, 1.807) is 0 Å². The summed E-state index contributed by atoms with van der Waals surface area (Å²) in [6.07, 6.45) is 0. The smallest absolute Gasteiger partial charge is 0.870 e. The maximum atomic E-state index is 8.89. The molecular formula is C2H4K2O3. The van der Waals surface area contributed by atoms with E-state index in [-0.39, 0.29) is 108 Å². The second-order valence-corrected chi connectivity index (χ2v) is 0.492. The van der Waals surface area contributed by atoms with Crippen LogP contribution in [0, 0.1) is 0 Å². The maximum Gasteiger partial charge on any atom is 1.00 e. The van der Waals surface area contributed by atoms with Gasteiger partial charge in [-0.15, -0.1) is 0 Å². The van der Waals surface area contributed by atoms with E-state index in [9.17, 15) is 0 Å². The van der Waals surface area contributed by atoms with Crippen molar-refractivity contribution in [2.24, 2.45) is 0 Å². The predicted octanol–water partition coefficient (Wildman–Crippen LogP) is -7.41. The number of carbonyl (C=O) groups is 1. The zero-order valence-electron chi connectivity index (χ0n) is 4.76. The molecule has 32 valence electrons. The van der Waals surface area contributed by atoms with Gasteiger partial charge in [0.05, 0.1) is 0 Å². The minimum absolute atomic E-state index is 0. The van der Waals surface area contributed by atoms with Crippen molar-refractivity contribution in [2.75, 3.05) is 0 Å². The van der Waals surface area contributed by atoms with Crippen molar-refractivity contribution in [1.82, 2.24) is 0 Å². The average Bonchev–Trinajstić information content (AvgIpc) is 0.811. The first-order valence-electron chi connectivity index (χ1n) is 0.908. The number of aliphatic carboxylic acids is 1. The van der Waals surface area contributed by atoms with E-state index in [0.29, 0.717) is 0 Å². The van der Waals surface area contributed by atoms with Gasteiger partial charge in [-0.2, -0.15) is 0 Å². The molecule has 0 aliphatic rings. The fourth-order valence-corrected chi connectivity index (χ4v) is 0. The Kier molecular flexibility index (Phi) is 51.3. The summed E-state index contributed by atoms with van der Waals surface area (Å²) in [7, 11) is 0. The summed E-state index contributed by atoms with van der Waals surface area (Å²) in [6, 6.07) is 0. The summed E-state index contributed by atoms with van der Waals surface area (Å²) in [4.78, 5) is 8.89. The molecule has 0 aromatic heterocycles. The largest absolute Gasteiger partial charge is 1.00 e. The minimum atomic E-state index is -1.08. The van der Waals surface area contributed by atoms with Gasteiger partial charge in [0.1, 0.15) is 0 Å². The SMILES string of the molecule is CC(=O)[O-].[K+].[K+].[OH-]. The molecule has 0 aromatic carbocycles. The first kappa shape index (κ1) is 22.6. The Morgan fingerprint density at radius 3 is 1.43 bits per heavy atom. The van der Waals surface area contributed by atoms with Crippen LogP contribution in [-0.4, -0.2) is 11.4 Å². The van der Waals surface area contributed by atoms with Gasteiger partial charge >= 0.3 is 103 Å². The molecule has 0 radical (unpaired) electrons. The molecule has 0 unspecified atom stereocenters. The molecule has 0 fully saturated rings. The molecule has 0 aromatic rings. The van der Waals surface area contributed by atoms with Crippen molar-refractivity contribution in [3.8, 4) is 0 Å². The molecule has 3 nitrogen and oxygen atoms in total. The van der Waals surface area contributed by atoms with Crippen LogP contribution in [0.3, 0.4) is 0 Å². The van der Waals surface area contributed by atoms with E-state index in [2.05, 4.69) is 0 Å². The van der Waals surface area contributed by atoms with E-state index in [1.807, 2.05) is 0 Å². The monoisotopic (exact) mass is 154 g/mol. The van der Waals surface area contributed by atoms with E-state index >= 15 is 0 Å². The third kappa shape index (κ3) is 53.5. The molecule has 0 atom stereocenters. The Balaban J connectivity index is -0.0000000150. The van der Waals surface area contributed by atoms with Crippen LogP contribution in [0.2, 0.25) is 0 Å². The van der Waals surface area contributed by atoms with E-state index in [0.717, 1.165) is 6.92 Å². The summed E-state index contributed by atoms with van der Waals surface area (Å²) in [6.45, 7) is 0.972. The summed E-state index contributed by atoms with van der Waals surface area (Å²) in [5.74, 6) is -1.08. The van der Waals surface area contributed by atoms with Crippen LogP contribution in [0.5, 0.6) is 0 Å². The van der Waals surface area contributed by atoms with Crippen LogP contribution in [0.1, 0.15) is 6.92 Å². The van der Waals surface area contributed by atoms with Gasteiger partial charge in [-0.3, -0.25) is 0 Å². The molecule has 0 aliphatic heterocycles. The van der Waals surface area contributed by atoms with E-state index in [4.69, 9.17) is 9.90 Å². The summed E-state index contributed by atoms with van der Waals surface area (Å²) >= 11 is 0. The second kappa shape index (κ2) is 15.9. The number of carboxylic acid groups (broad SMARTS) is 1. The molecule has 0 bridgehead atoms. The topological polar surface area (TPSA) is 70.1 Å². The van der Waals surface area contributed by atoms with Gasteiger partial charge in [0.2, 0.25) is 0 Å². The molecule has 0 heterocycles. The zero-order chi connectivity index (χ0) is 3.58. The van der Waals surface area contributed by atoms with Crippen LogP contribution < -0.4 is 108 Å². The van der Waals surface area contributed by atoms with Gasteiger partial charge < -0.3 is 15.4 Å². The van der Waals surface area contributed by atoms with Gasteiger partial charge in [0.15, 0.2) is 0 Å². The Bertz CT molecular complexity index is 33.9. The molecule has 0 aliphatic carbocycles. The number of carbonyl (C=O) groups excluding carboxylic acids is 1. The van der Waals surface area contributed by atoms with Crippen LogP contribution in [0.15, 0.2) is 0 Å². The molecular weight excluding hydrogens is 150 g/mol. The first-order chi connectivity index (χ1) is 1.73. The van der Waals surface area contributed by atoms with Crippen molar-refractivity contribution in [1.29, 1.82) is 0 Å². The normalized spacial score (nSPS) is 3.57. The van der Waals surface area contributed by atoms with Crippen LogP contribution in [-0.2, 0) is 4.79 Å². The molecule has 0 amide bonds. The fraction of sp³-hybridized carbons (Fsp3) is 0.500. The second-order valence-electron chi connectivity index (χ2n) is 0.492. The van der Waals surface area contributed by atoms with E-state index in [1.165, 1.54) is 0 Å². The molecule has 0 saturated heterocycles. The van der Waals surface area contributed by atoms with Crippen LogP contribution in [0.25, 0.3) is 0 Å². The third-order valence-corrected chi connectivity index (χ3v) is 0. The van der Waals surface area contributed by atoms with Gasteiger partial charge in [0, 0.05) is 5.97 Å². The Morgan fingerprint density at radius 1 is 1.43 bits per heavy atom. The number of hydrogen-bond acceptors (Lipinski definition) is 3. The first-order valence-corrected chi connectivity index (χ1v) is 0.908. The summed E-state index contributed by atoms with van der Waals surface area (Å²) < 4.78 is 0. The Labute approximate surface area is 127 Å². The molecule has 5 heteroatoms. The fourth-order valence-electron chi connectivity index (χ4n) is 0. The van der Waals surface area contributed by atoms with Gasteiger partial charge in [-0.1, -0.05) is 0 Å². The van der Waals surface area contributed by atoms with Crippen molar-refractivity contribution in [2.45, 2.75) is 6.92 Å². The average molecular weight is 154 g/mol. The van der Waals surface area contributed by atoms with Crippen LogP contribution >= 0.6 is 0 Å². The predicted molar refractivity (Wildman–Crippen MR) is 12.6 cm³/mol. The van der Waals surface area contributed by atoms with Crippen molar-refractivity contribution >= 4 is 5.97 Å². The molecule has 0 saturated carbocycles. The Hall–Kier alpha value is 2.70. The Morgan fingerprint density at radius 2 is 1.43 bits per heavy atom. The standard InChI is InChI=1S/C2H4O2.2K.H2O/c1-2(3)4;;;/h1H3,(H,3,4);;;1H2/q;2*+1;/p-2. The van der Waals surface area contributed by atoms with Crippen molar-refractivity contribution in [3.63, 3.8) is 0 Å². The summed E-state index contributed by atoms with van der Waals surface area (Å²) in [5, 5.41) is 8.89. The summed E-state index contributed by atoms with van der Waals surface area (Å²) in [5.41, 5.74) is 0. The number of carboxylic acids is 1. The van der Waals surface area contributed by atoms with Gasteiger partial charge in [-0.25, -0.2) is 0 Å². The minimum Gasteiger partial charge on any atom is -0.870 e. The van der Waals surface area contributed by atoms with Gasteiger partial charge in [-0.05, 0) is 6.92 Å². The number of rotatable bonds is 0.